The van der Waals surface area contributed by atoms with E-state index >= 15 is 0 Å². The topological polar surface area (TPSA) is 220 Å². The summed E-state index contributed by atoms with van der Waals surface area (Å²) in [6, 6.07) is 0.845. The minimum absolute atomic E-state index is 0.0449. The lowest BCUT2D eigenvalue weighted by Gasteiger charge is -2.47. The number of carbonyl (C=O) groups is 3. The number of alkyl halides is 6. The number of anilines is 2. The first kappa shape index (κ1) is 50.4. The minimum atomic E-state index is -4.74. The largest absolute Gasteiger partial charge is 0.416 e. The molecule has 2 heterocycles. The lowest BCUT2D eigenvalue weighted by atomic mass is 9.93. The highest BCUT2D eigenvalue weighted by Gasteiger charge is 2.50. The Kier molecular flexibility index (Phi) is 19.5. The Labute approximate surface area is 355 Å². The maximum absolute atomic E-state index is 13.4. The molecule has 348 valence electrons. The van der Waals surface area contributed by atoms with Crippen molar-refractivity contribution in [3.63, 3.8) is 0 Å². The van der Waals surface area contributed by atoms with Crippen LogP contribution in [-0.4, -0.2) is 113 Å². The number of nitrogens with one attached hydrogen (secondary N) is 5. The summed E-state index contributed by atoms with van der Waals surface area (Å²) >= 11 is 0. The highest BCUT2D eigenvalue weighted by molar-refractivity contribution is 5.90. The standard InChI is InChI=1S/C41H57F6N5O10/c1-2-3-4-5-6-7-8-9-10-11-18-31(55)51-32-29(21-53)60-23-28(50-38(58)48-26-16-12-14-24(19-26)40(42,43)44)36(32)62-37-33(35(57)34(56)30(22-54)61-37)52-39(59)49-27-17-13-15-25(20-27)41(45,46)47/h12-17,19-20,28-30,32-37,53-54,56-57H,2-11,18,21-23H2,1H3,(H,51,55)(H2,48,50,58)(H2,49,52,59)/t28?,29?,30?,32-,33?,34+,35?,36?,37-/m0/s1. The fourth-order valence-corrected chi connectivity index (χ4v) is 7.27. The number of hydrogen-bond donors (Lipinski definition) is 9. The van der Waals surface area contributed by atoms with E-state index in [2.05, 4.69) is 33.5 Å². The van der Waals surface area contributed by atoms with Gasteiger partial charge in [-0.15, -0.1) is 0 Å². The maximum Gasteiger partial charge on any atom is 0.416 e. The second-order valence-electron chi connectivity index (χ2n) is 15.4. The van der Waals surface area contributed by atoms with Gasteiger partial charge in [0.15, 0.2) is 6.29 Å². The number of amides is 5. The third-order valence-corrected chi connectivity index (χ3v) is 10.6. The fourth-order valence-electron chi connectivity index (χ4n) is 7.27. The molecule has 6 unspecified atom stereocenters. The lowest BCUT2D eigenvalue weighted by molar-refractivity contribution is -0.293. The molecule has 9 N–H and O–H groups in total. The van der Waals surface area contributed by atoms with Crippen molar-refractivity contribution in [2.24, 2.45) is 0 Å². The molecule has 5 amide bonds. The van der Waals surface area contributed by atoms with Gasteiger partial charge in [0.2, 0.25) is 5.91 Å². The molecule has 2 aliphatic rings. The van der Waals surface area contributed by atoms with Gasteiger partial charge in [0.05, 0.1) is 43.0 Å². The number of halogens is 6. The van der Waals surface area contributed by atoms with Crippen molar-refractivity contribution in [3.8, 4) is 0 Å². The van der Waals surface area contributed by atoms with Crippen LogP contribution in [0.5, 0.6) is 0 Å². The molecule has 21 heteroatoms. The molecule has 2 aromatic carbocycles. The van der Waals surface area contributed by atoms with Crippen molar-refractivity contribution in [3.05, 3.63) is 59.7 Å². The zero-order valence-electron chi connectivity index (χ0n) is 34.2. The van der Waals surface area contributed by atoms with Crippen molar-refractivity contribution < 1.29 is 75.4 Å². The number of rotatable bonds is 20. The van der Waals surface area contributed by atoms with Crippen LogP contribution in [0.3, 0.4) is 0 Å². The number of carbonyl (C=O) groups excluding carboxylic acids is 3. The van der Waals surface area contributed by atoms with Gasteiger partial charge in [-0.25, -0.2) is 9.59 Å². The molecule has 0 saturated carbocycles. The van der Waals surface area contributed by atoms with Crippen LogP contribution in [0.1, 0.15) is 88.7 Å². The van der Waals surface area contributed by atoms with Crippen LogP contribution in [0, 0.1) is 0 Å². The van der Waals surface area contributed by atoms with E-state index in [4.69, 9.17) is 14.2 Å². The summed E-state index contributed by atoms with van der Waals surface area (Å²) in [4.78, 5) is 39.9. The molecule has 62 heavy (non-hydrogen) atoms. The summed E-state index contributed by atoms with van der Waals surface area (Å²) < 4.78 is 98.1. The highest BCUT2D eigenvalue weighted by Crippen LogP contribution is 2.33. The Morgan fingerprint density at radius 2 is 1.21 bits per heavy atom. The number of aliphatic hydroxyl groups is 4. The van der Waals surface area contributed by atoms with Gasteiger partial charge in [-0.05, 0) is 42.8 Å². The predicted octanol–water partition coefficient (Wildman–Crippen LogP) is 5.42. The second kappa shape index (κ2) is 24.0. The van der Waals surface area contributed by atoms with E-state index in [0.717, 1.165) is 68.9 Å². The number of ether oxygens (including phenoxy) is 3. The van der Waals surface area contributed by atoms with E-state index in [1.54, 1.807) is 0 Å². The van der Waals surface area contributed by atoms with Gasteiger partial charge in [0.25, 0.3) is 0 Å². The SMILES string of the molecule is CCCCCCCCCCCCC(=O)N[C@H]1C(CO)OCC(NC(=O)Nc2cccc(C(F)(F)F)c2)C1O[C@@H]1OC(CO)[C@@H](O)C(O)C1NC(=O)Nc1cccc(C(F)(F)F)c1. The van der Waals surface area contributed by atoms with Crippen LogP contribution in [0.4, 0.5) is 47.3 Å². The monoisotopic (exact) mass is 893 g/mol. The van der Waals surface area contributed by atoms with E-state index in [-0.39, 0.29) is 17.8 Å². The van der Waals surface area contributed by atoms with Gasteiger partial charge in [-0.3, -0.25) is 4.79 Å². The smallest absolute Gasteiger partial charge is 0.394 e. The Balaban J connectivity index is 1.56. The molecule has 2 fully saturated rings. The van der Waals surface area contributed by atoms with E-state index in [0.29, 0.717) is 18.6 Å². The van der Waals surface area contributed by atoms with E-state index < -0.39 is 116 Å². The molecule has 0 aromatic heterocycles. The van der Waals surface area contributed by atoms with E-state index in [1.165, 1.54) is 25.3 Å². The normalized spacial score (nSPS) is 25.4. The van der Waals surface area contributed by atoms with Crippen molar-refractivity contribution in [1.29, 1.82) is 0 Å². The Morgan fingerprint density at radius 3 is 1.73 bits per heavy atom. The van der Waals surface area contributed by atoms with Gasteiger partial charge in [0, 0.05) is 17.8 Å². The van der Waals surface area contributed by atoms with E-state index in [1.807, 2.05) is 0 Å². The molecule has 9 atom stereocenters. The average molecular weight is 894 g/mol. The molecule has 4 rings (SSSR count). The Hall–Kier alpha value is -4.25. The Morgan fingerprint density at radius 1 is 0.694 bits per heavy atom. The third kappa shape index (κ3) is 15.2. The molecule has 0 aliphatic carbocycles. The van der Waals surface area contributed by atoms with Crippen LogP contribution in [0.25, 0.3) is 0 Å². The lowest BCUT2D eigenvalue weighted by Crippen LogP contribution is -2.70. The zero-order chi connectivity index (χ0) is 45.5. The minimum Gasteiger partial charge on any atom is -0.394 e. The maximum atomic E-state index is 13.4. The first-order chi connectivity index (χ1) is 29.4. The molecular formula is C41H57F6N5O10. The zero-order valence-corrected chi connectivity index (χ0v) is 34.2. The second-order valence-corrected chi connectivity index (χ2v) is 15.4. The number of unbranched alkanes of at least 4 members (excludes halogenated alkanes) is 9. The van der Waals surface area contributed by atoms with E-state index in [9.17, 15) is 61.2 Å². The van der Waals surface area contributed by atoms with Crippen LogP contribution < -0.4 is 26.6 Å². The van der Waals surface area contributed by atoms with Gasteiger partial charge in [0.1, 0.15) is 36.6 Å². The van der Waals surface area contributed by atoms with Crippen molar-refractivity contribution >= 4 is 29.3 Å². The summed E-state index contributed by atoms with van der Waals surface area (Å²) in [7, 11) is 0. The summed E-state index contributed by atoms with van der Waals surface area (Å²) in [6.45, 7) is 0.153. The average Bonchev–Trinajstić information content (AvgIpc) is 3.21. The summed E-state index contributed by atoms with van der Waals surface area (Å²) in [6.07, 6.45) is -9.13. The van der Waals surface area contributed by atoms with Gasteiger partial charge >= 0.3 is 24.4 Å². The first-order valence-electron chi connectivity index (χ1n) is 20.7. The molecule has 0 spiro atoms. The number of benzene rings is 2. The summed E-state index contributed by atoms with van der Waals surface area (Å²) in [5.74, 6) is -0.498. The number of urea groups is 2. The third-order valence-electron chi connectivity index (χ3n) is 10.6. The number of hydrogen-bond acceptors (Lipinski definition) is 10. The predicted molar refractivity (Wildman–Crippen MR) is 213 cm³/mol. The van der Waals surface area contributed by atoms with Gasteiger partial charge in [-0.1, -0.05) is 76.8 Å². The molecule has 0 radical (unpaired) electrons. The van der Waals surface area contributed by atoms with Crippen LogP contribution in [-0.2, 0) is 31.4 Å². The van der Waals surface area contributed by atoms with Gasteiger partial charge in [-0.2, -0.15) is 26.3 Å². The molecule has 2 saturated heterocycles. The van der Waals surface area contributed by atoms with Crippen LogP contribution in [0.15, 0.2) is 48.5 Å². The van der Waals surface area contributed by atoms with Gasteiger partial charge < -0.3 is 61.2 Å². The quantitative estimate of drug-likeness (QED) is 0.0608. The highest BCUT2D eigenvalue weighted by atomic mass is 19.4. The fraction of sp³-hybridized carbons (Fsp3) is 0.634. The molecule has 2 aliphatic heterocycles. The first-order valence-corrected chi connectivity index (χ1v) is 20.7. The Bertz CT molecular complexity index is 1730. The molecule has 0 bridgehead atoms. The summed E-state index contributed by atoms with van der Waals surface area (Å²) in [5.41, 5.74) is -2.66. The summed E-state index contributed by atoms with van der Waals surface area (Å²) in [5, 5.41) is 54.4. The van der Waals surface area contributed by atoms with Crippen molar-refractivity contribution in [2.75, 3.05) is 30.5 Å². The number of aliphatic hydroxyl groups excluding tert-OH is 4. The van der Waals surface area contributed by atoms with Crippen molar-refractivity contribution in [1.82, 2.24) is 16.0 Å². The molecular weight excluding hydrogens is 836 g/mol. The molecule has 15 nitrogen and oxygen atoms in total. The van der Waals surface area contributed by atoms with Crippen LogP contribution >= 0.6 is 0 Å². The van der Waals surface area contributed by atoms with Crippen molar-refractivity contribution in [2.45, 2.75) is 145 Å². The molecule has 2 aromatic rings. The van der Waals surface area contributed by atoms with Crippen LogP contribution in [0.2, 0.25) is 0 Å².